The Morgan fingerprint density at radius 1 is 1.30 bits per heavy atom. The van der Waals surface area contributed by atoms with Gasteiger partial charge in [0, 0.05) is 38.3 Å². The van der Waals surface area contributed by atoms with Crippen molar-refractivity contribution in [3.05, 3.63) is 17.0 Å². The Kier molecular flexibility index (Phi) is 6.88. The van der Waals surface area contributed by atoms with Crippen molar-refractivity contribution in [2.24, 2.45) is 13.0 Å². The van der Waals surface area contributed by atoms with Gasteiger partial charge in [0.1, 0.15) is 5.54 Å². The van der Waals surface area contributed by atoms with Gasteiger partial charge in [-0.3, -0.25) is 14.3 Å². The highest BCUT2D eigenvalue weighted by atomic mass is 35.5. The van der Waals surface area contributed by atoms with Crippen molar-refractivity contribution in [3.63, 3.8) is 0 Å². The van der Waals surface area contributed by atoms with Crippen molar-refractivity contribution in [3.8, 4) is 0 Å². The van der Waals surface area contributed by atoms with E-state index < -0.39 is 11.6 Å². The number of aliphatic hydroxyl groups is 1. The van der Waals surface area contributed by atoms with Crippen LogP contribution in [-0.4, -0.2) is 58.0 Å². The molecule has 0 radical (unpaired) electrons. The molecule has 2 heterocycles. The number of nitrogens with one attached hydrogen (secondary N) is 3. The summed E-state index contributed by atoms with van der Waals surface area (Å²) < 4.78 is 1.68. The summed E-state index contributed by atoms with van der Waals surface area (Å²) in [5.74, 6) is -0.384. The predicted octanol–water partition coefficient (Wildman–Crippen LogP) is 0.198. The highest BCUT2D eigenvalue weighted by Crippen LogP contribution is 2.31. The van der Waals surface area contributed by atoms with Gasteiger partial charge in [-0.05, 0) is 26.7 Å². The summed E-state index contributed by atoms with van der Waals surface area (Å²) in [6, 6.07) is 0. The highest BCUT2D eigenvalue weighted by Gasteiger charge is 2.43. The molecule has 2 unspecified atom stereocenters. The number of halogens is 1. The summed E-state index contributed by atoms with van der Waals surface area (Å²) in [5.41, 5.74) is 1.12. The van der Waals surface area contributed by atoms with Gasteiger partial charge in [0.05, 0.1) is 17.4 Å². The summed E-state index contributed by atoms with van der Waals surface area (Å²) in [6.45, 7) is 5.31. The van der Waals surface area contributed by atoms with Crippen LogP contribution < -0.4 is 16.0 Å². The fourth-order valence-electron chi connectivity index (χ4n) is 4.09. The zero-order valence-corrected chi connectivity index (χ0v) is 17.0. The summed E-state index contributed by atoms with van der Waals surface area (Å²) in [5, 5.41) is 23.3. The third kappa shape index (κ3) is 4.28. The molecule has 152 valence electrons. The number of aryl methyl sites for hydroxylation is 2. The fraction of sp³-hybridized carbons (Fsp3) is 0.722. The van der Waals surface area contributed by atoms with Crippen LogP contribution in [0.15, 0.2) is 0 Å². The number of aromatic nitrogens is 2. The molecule has 3 rings (SSSR count). The number of hydrogen-bond acceptors (Lipinski definition) is 5. The Hall–Kier alpha value is -1.64. The first-order chi connectivity index (χ1) is 12.3. The van der Waals surface area contributed by atoms with Gasteiger partial charge < -0.3 is 21.1 Å². The minimum Gasteiger partial charge on any atom is -0.391 e. The maximum Gasteiger partial charge on any atom is 0.255 e. The van der Waals surface area contributed by atoms with Gasteiger partial charge in [-0.15, -0.1) is 12.4 Å². The van der Waals surface area contributed by atoms with E-state index in [-0.39, 0.29) is 30.1 Å². The predicted molar refractivity (Wildman–Crippen MR) is 104 cm³/mol. The number of nitrogens with zero attached hydrogens (tertiary/aromatic N) is 2. The average molecular weight is 400 g/mol. The lowest BCUT2D eigenvalue weighted by molar-refractivity contribution is -0.127. The molecule has 9 heteroatoms. The van der Waals surface area contributed by atoms with Crippen LogP contribution in [0.3, 0.4) is 0 Å². The number of hydrogen-bond donors (Lipinski definition) is 4. The minimum atomic E-state index is -0.872. The smallest absolute Gasteiger partial charge is 0.255 e. The van der Waals surface area contributed by atoms with E-state index in [0.29, 0.717) is 43.7 Å². The van der Waals surface area contributed by atoms with E-state index in [1.54, 1.807) is 18.7 Å². The van der Waals surface area contributed by atoms with Gasteiger partial charge in [0.15, 0.2) is 0 Å². The third-order valence-electron chi connectivity index (χ3n) is 5.81. The number of carbonyl (C=O) groups excluding carboxylic acids is 2. The molecule has 0 aromatic carbocycles. The van der Waals surface area contributed by atoms with Gasteiger partial charge >= 0.3 is 0 Å². The van der Waals surface area contributed by atoms with Crippen LogP contribution in [-0.2, 0) is 11.8 Å². The molecule has 1 aromatic heterocycles. The molecule has 2 amide bonds. The van der Waals surface area contributed by atoms with Gasteiger partial charge in [0.2, 0.25) is 5.91 Å². The number of rotatable bonds is 5. The Bertz CT molecular complexity index is 699. The minimum absolute atomic E-state index is 0. The third-order valence-corrected chi connectivity index (χ3v) is 5.81. The molecule has 0 spiro atoms. The van der Waals surface area contributed by atoms with Gasteiger partial charge in [-0.1, -0.05) is 12.8 Å². The van der Waals surface area contributed by atoms with E-state index >= 15 is 0 Å². The zero-order chi connectivity index (χ0) is 18.9. The topological polar surface area (TPSA) is 108 Å². The molecule has 1 aliphatic heterocycles. The summed E-state index contributed by atoms with van der Waals surface area (Å²) in [6.07, 6.45) is 2.65. The fourth-order valence-corrected chi connectivity index (χ4v) is 4.09. The molecule has 4 N–H and O–H groups in total. The molecule has 0 bridgehead atoms. The Balaban J connectivity index is 0.00000261. The van der Waals surface area contributed by atoms with E-state index in [2.05, 4.69) is 21.0 Å². The standard InChI is InChI=1S/C18H29N5O3.ClH/c1-11-15(12(2)23(3)22-11)16(25)21-18(6-4-5-7-18)17(26)20-9-13-8-19-10-14(13)24;/h13-14,19,24H,4-10H2,1-3H3,(H,20,26)(H,21,25);1H. The quantitative estimate of drug-likeness (QED) is 0.565. The molecule has 2 atom stereocenters. The molecule has 8 nitrogen and oxygen atoms in total. The molecular weight excluding hydrogens is 370 g/mol. The molecule has 2 aliphatic rings. The Morgan fingerprint density at radius 2 is 1.96 bits per heavy atom. The van der Waals surface area contributed by atoms with Crippen molar-refractivity contribution in [2.45, 2.75) is 51.2 Å². The SMILES string of the molecule is Cc1nn(C)c(C)c1C(=O)NC1(C(=O)NCC2CNCC2O)CCCC1.Cl. The number of amides is 2. The van der Waals surface area contributed by atoms with Gasteiger partial charge in [-0.2, -0.15) is 5.10 Å². The van der Waals surface area contributed by atoms with Gasteiger partial charge in [-0.25, -0.2) is 0 Å². The lowest BCUT2D eigenvalue weighted by Gasteiger charge is -2.30. The summed E-state index contributed by atoms with van der Waals surface area (Å²) >= 11 is 0. The number of β-amino-alcohol motifs (C(OH)–C–C–N with tert-alkyl or cyclic N) is 1. The van der Waals surface area contributed by atoms with Crippen molar-refractivity contribution in [1.29, 1.82) is 0 Å². The monoisotopic (exact) mass is 399 g/mol. The van der Waals surface area contributed by atoms with Crippen LogP contribution >= 0.6 is 12.4 Å². The Labute approximate surface area is 165 Å². The zero-order valence-electron chi connectivity index (χ0n) is 16.2. The molecular formula is C18H30ClN5O3. The van der Waals surface area contributed by atoms with E-state index in [0.717, 1.165) is 18.5 Å². The van der Waals surface area contributed by atoms with Crippen LogP contribution in [0.2, 0.25) is 0 Å². The second-order valence-electron chi connectivity index (χ2n) is 7.61. The first-order valence-corrected chi connectivity index (χ1v) is 9.34. The van der Waals surface area contributed by atoms with Crippen molar-refractivity contribution in [1.82, 2.24) is 25.7 Å². The van der Waals surface area contributed by atoms with Gasteiger partial charge in [0.25, 0.3) is 5.91 Å². The van der Waals surface area contributed by atoms with Crippen molar-refractivity contribution in [2.75, 3.05) is 19.6 Å². The summed E-state index contributed by atoms with van der Waals surface area (Å²) in [4.78, 5) is 25.8. The molecule has 1 aliphatic carbocycles. The molecule has 27 heavy (non-hydrogen) atoms. The molecule has 1 aromatic rings. The maximum atomic E-state index is 12.9. The highest BCUT2D eigenvalue weighted by molar-refractivity contribution is 6.00. The van der Waals surface area contributed by atoms with E-state index in [4.69, 9.17) is 0 Å². The van der Waals surface area contributed by atoms with Crippen LogP contribution in [0, 0.1) is 19.8 Å². The largest absolute Gasteiger partial charge is 0.391 e. The van der Waals surface area contributed by atoms with Crippen molar-refractivity contribution >= 4 is 24.2 Å². The van der Waals surface area contributed by atoms with Crippen LogP contribution in [0.25, 0.3) is 0 Å². The maximum absolute atomic E-state index is 12.9. The normalized spacial score (nSPS) is 23.7. The Morgan fingerprint density at radius 3 is 2.48 bits per heavy atom. The first kappa shape index (κ1) is 21.7. The second-order valence-corrected chi connectivity index (χ2v) is 7.61. The van der Waals surface area contributed by atoms with Crippen LogP contribution in [0.5, 0.6) is 0 Å². The number of aliphatic hydroxyl groups excluding tert-OH is 1. The second kappa shape index (κ2) is 8.58. The van der Waals surface area contributed by atoms with E-state index in [1.807, 2.05) is 6.92 Å². The van der Waals surface area contributed by atoms with Crippen LogP contribution in [0.4, 0.5) is 0 Å². The first-order valence-electron chi connectivity index (χ1n) is 9.34. The lowest BCUT2D eigenvalue weighted by Crippen LogP contribution is -2.58. The molecule has 2 fully saturated rings. The van der Waals surface area contributed by atoms with Crippen LogP contribution in [0.1, 0.15) is 47.4 Å². The van der Waals surface area contributed by atoms with E-state index in [1.165, 1.54) is 0 Å². The number of carbonyl (C=O) groups is 2. The van der Waals surface area contributed by atoms with E-state index in [9.17, 15) is 14.7 Å². The average Bonchev–Trinajstić information content (AvgIpc) is 3.27. The molecule has 1 saturated carbocycles. The molecule has 1 saturated heterocycles. The summed E-state index contributed by atoms with van der Waals surface area (Å²) in [7, 11) is 1.80. The van der Waals surface area contributed by atoms with Crippen molar-refractivity contribution < 1.29 is 14.7 Å². The lowest BCUT2D eigenvalue weighted by atomic mass is 9.94.